The van der Waals surface area contributed by atoms with Gasteiger partial charge in [0, 0.05) is 6.61 Å². The molecule has 0 unspecified atom stereocenters. The highest BCUT2D eigenvalue weighted by molar-refractivity contribution is 5.93. The maximum Gasteiger partial charge on any atom is 0.268 e. The fraction of sp³-hybridized carbons (Fsp3) is 0.583. The highest BCUT2D eigenvalue weighted by Crippen LogP contribution is 2.08. The molecule has 1 aromatic heterocycles. The van der Waals surface area contributed by atoms with Crippen molar-refractivity contribution in [2.45, 2.75) is 20.5 Å². The van der Waals surface area contributed by atoms with Gasteiger partial charge in [-0.05, 0) is 12.0 Å². The van der Waals surface area contributed by atoms with E-state index >= 15 is 0 Å². The molecule has 0 aliphatic carbocycles. The summed E-state index contributed by atoms with van der Waals surface area (Å²) in [4.78, 5) is 11.1. The van der Waals surface area contributed by atoms with Crippen molar-refractivity contribution in [1.29, 1.82) is 0 Å². The molecule has 0 aromatic carbocycles. The zero-order chi connectivity index (χ0) is 13.4. The molecule has 6 heteroatoms. The van der Waals surface area contributed by atoms with Gasteiger partial charge in [-0.15, -0.1) is 0 Å². The minimum Gasteiger partial charge on any atom is -0.466 e. The summed E-state index contributed by atoms with van der Waals surface area (Å²) in [5.74, 6) is 5.72. The molecule has 1 aromatic rings. The summed E-state index contributed by atoms with van der Waals surface area (Å²) in [6.07, 6.45) is 1.34. The molecule has 18 heavy (non-hydrogen) atoms. The lowest BCUT2D eigenvalue weighted by Gasteiger charge is -2.06. The van der Waals surface area contributed by atoms with Crippen molar-refractivity contribution in [3.05, 3.63) is 23.7 Å². The monoisotopic (exact) mass is 256 g/mol. The summed E-state index contributed by atoms with van der Waals surface area (Å²) in [5, 5.41) is 0. The molecular weight excluding hydrogens is 236 g/mol. The Labute approximate surface area is 106 Å². The van der Waals surface area contributed by atoms with Gasteiger partial charge in [0.2, 0.25) is 0 Å². The fourth-order valence-corrected chi connectivity index (χ4v) is 1.27. The van der Waals surface area contributed by atoms with Crippen LogP contribution in [0, 0.1) is 5.92 Å². The number of carbonyl (C=O) groups excluding carboxylic acids is 1. The van der Waals surface area contributed by atoms with Gasteiger partial charge in [0.1, 0.15) is 18.6 Å². The Hall–Kier alpha value is -1.37. The van der Waals surface area contributed by atoms with Crippen LogP contribution in [0.2, 0.25) is 0 Å². The molecule has 0 saturated heterocycles. The van der Waals surface area contributed by atoms with E-state index in [1.54, 1.807) is 6.07 Å². The second-order valence-electron chi connectivity index (χ2n) is 4.30. The van der Waals surface area contributed by atoms with E-state index in [4.69, 9.17) is 19.7 Å². The van der Waals surface area contributed by atoms with E-state index < -0.39 is 0 Å². The van der Waals surface area contributed by atoms with Gasteiger partial charge in [-0.1, -0.05) is 13.8 Å². The van der Waals surface area contributed by atoms with Gasteiger partial charge in [0.25, 0.3) is 5.91 Å². The number of nitrogens with two attached hydrogens (primary N) is 1. The maximum atomic E-state index is 11.1. The molecule has 0 spiro atoms. The highest BCUT2D eigenvalue weighted by atomic mass is 16.5. The molecule has 3 N–H and O–H groups in total. The minimum atomic E-state index is -0.384. The van der Waals surface area contributed by atoms with Crippen LogP contribution in [0.4, 0.5) is 0 Å². The second kappa shape index (κ2) is 7.86. The molecule has 1 rings (SSSR count). The molecule has 102 valence electrons. The summed E-state index contributed by atoms with van der Waals surface area (Å²) in [6, 6.07) is 1.59. The highest BCUT2D eigenvalue weighted by Gasteiger charge is 2.08. The minimum absolute atomic E-state index is 0.308. The van der Waals surface area contributed by atoms with Crippen LogP contribution in [0.5, 0.6) is 0 Å². The van der Waals surface area contributed by atoms with Crippen LogP contribution < -0.4 is 11.3 Å². The zero-order valence-electron chi connectivity index (χ0n) is 10.8. The van der Waals surface area contributed by atoms with Crippen LogP contribution in [-0.2, 0) is 16.1 Å². The largest absolute Gasteiger partial charge is 0.466 e. The van der Waals surface area contributed by atoms with E-state index in [1.165, 1.54) is 6.26 Å². The molecular formula is C12H20N2O4. The zero-order valence-corrected chi connectivity index (χ0v) is 10.8. The summed E-state index contributed by atoms with van der Waals surface area (Å²) < 4.78 is 15.9. The number of rotatable bonds is 8. The number of hydrogen-bond donors (Lipinski definition) is 2. The third kappa shape index (κ3) is 5.31. The van der Waals surface area contributed by atoms with Gasteiger partial charge >= 0.3 is 0 Å². The van der Waals surface area contributed by atoms with Crippen molar-refractivity contribution in [3.8, 4) is 0 Å². The predicted molar refractivity (Wildman–Crippen MR) is 65.7 cm³/mol. The third-order valence-corrected chi connectivity index (χ3v) is 2.11. The van der Waals surface area contributed by atoms with Crippen LogP contribution in [0.1, 0.15) is 30.0 Å². The average molecular weight is 256 g/mol. The van der Waals surface area contributed by atoms with Crippen LogP contribution in [0.25, 0.3) is 0 Å². The number of ether oxygens (including phenoxy) is 2. The molecule has 0 fully saturated rings. The summed E-state index contributed by atoms with van der Waals surface area (Å²) in [6.45, 7) is 6.26. The third-order valence-electron chi connectivity index (χ3n) is 2.11. The van der Waals surface area contributed by atoms with Gasteiger partial charge in [0.05, 0.1) is 18.8 Å². The van der Waals surface area contributed by atoms with E-state index in [2.05, 4.69) is 13.8 Å². The first-order valence-electron chi connectivity index (χ1n) is 5.87. The Kier molecular flexibility index (Phi) is 6.42. The van der Waals surface area contributed by atoms with Crippen molar-refractivity contribution in [1.82, 2.24) is 5.43 Å². The van der Waals surface area contributed by atoms with Gasteiger partial charge in [-0.2, -0.15) is 0 Å². The van der Waals surface area contributed by atoms with Crippen molar-refractivity contribution in [2.24, 2.45) is 11.8 Å². The number of carbonyl (C=O) groups is 1. The Morgan fingerprint density at radius 2 is 2.17 bits per heavy atom. The Bertz CT molecular complexity index is 363. The Morgan fingerprint density at radius 1 is 1.44 bits per heavy atom. The first-order chi connectivity index (χ1) is 8.63. The number of hydrogen-bond acceptors (Lipinski definition) is 5. The van der Waals surface area contributed by atoms with Crippen molar-refractivity contribution >= 4 is 5.91 Å². The Morgan fingerprint density at radius 3 is 2.83 bits per heavy atom. The number of hydrazine groups is 1. The fourth-order valence-electron chi connectivity index (χ4n) is 1.27. The molecule has 0 atom stereocenters. The van der Waals surface area contributed by atoms with Crippen molar-refractivity contribution in [2.75, 3.05) is 19.8 Å². The lowest BCUT2D eigenvalue weighted by Crippen LogP contribution is -2.29. The quantitative estimate of drug-likeness (QED) is 0.314. The summed E-state index contributed by atoms with van der Waals surface area (Å²) >= 11 is 0. The van der Waals surface area contributed by atoms with Crippen LogP contribution in [0.3, 0.4) is 0 Å². The van der Waals surface area contributed by atoms with Crippen LogP contribution in [0.15, 0.2) is 16.7 Å². The predicted octanol–water partition coefficient (Wildman–Crippen LogP) is 1.07. The normalized spacial score (nSPS) is 10.9. The van der Waals surface area contributed by atoms with Gasteiger partial charge in [-0.25, -0.2) is 5.84 Å². The lowest BCUT2D eigenvalue weighted by atomic mass is 10.2. The molecule has 0 radical (unpaired) electrons. The number of nitrogen functional groups attached to an aromatic ring is 1. The SMILES string of the molecule is CC(C)COCCOCc1cc(C(=O)NN)co1. The van der Waals surface area contributed by atoms with Gasteiger partial charge in [0.15, 0.2) is 0 Å². The maximum absolute atomic E-state index is 11.1. The van der Waals surface area contributed by atoms with E-state index in [9.17, 15) is 4.79 Å². The Balaban J connectivity index is 2.16. The number of nitrogens with one attached hydrogen (secondary N) is 1. The van der Waals surface area contributed by atoms with Gasteiger partial charge < -0.3 is 13.9 Å². The van der Waals surface area contributed by atoms with Crippen molar-refractivity contribution < 1.29 is 18.7 Å². The number of amides is 1. The molecule has 6 nitrogen and oxygen atoms in total. The van der Waals surface area contributed by atoms with E-state index in [0.717, 1.165) is 6.61 Å². The van der Waals surface area contributed by atoms with Crippen LogP contribution >= 0.6 is 0 Å². The smallest absolute Gasteiger partial charge is 0.268 e. The summed E-state index contributed by atoms with van der Waals surface area (Å²) in [5.41, 5.74) is 2.41. The first kappa shape index (κ1) is 14.7. The molecule has 1 amide bonds. The standard InChI is InChI=1S/C12H20N2O4/c1-9(2)6-16-3-4-17-8-11-5-10(7-18-11)12(15)14-13/h5,7,9H,3-4,6,8,13H2,1-2H3,(H,14,15). The average Bonchev–Trinajstić information content (AvgIpc) is 2.81. The molecule has 0 aliphatic heterocycles. The summed E-state index contributed by atoms with van der Waals surface area (Å²) in [7, 11) is 0. The molecule has 0 aliphatic rings. The van der Waals surface area contributed by atoms with Gasteiger partial charge in [-0.3, -0.25) is 10.2 Å². The van der Waals surface area contributed by atoms with Crippen LogP contribution in [-0.4, -0.2) is 25.7 Å². The molecule has 1 heterocycles. The number of furan rings is 1. The lowest BCUT2D eigenvalue weighted by molar-refractivity contribution is 0.0264. The second-order valence-corrected chi connectivity index (χ2v) is 4.30. The molecule has 0 saturated carbocycles. The van der Waals surface area contributed by atoms with E-state index in [0.29, 0.717) is 37.1 Å². The molecule has 0 bridgehead atoms. The van der Waals surface area contributed by atoms with E-state index in [1.807, 2.05) is 5.43 Å². The first-order valence-corrected chi connectivity index (χ1v) is 5.87. The van der Waals surface area contributed by atoms with E-state index in [-0.39, 0.29) is 5.91 Å². The topological polar surface area (TPSA) is 86.7 Å². The van der Waals surface area contributed by atoms with Crippen molar-refractivity contribution in [3.63, 3.8) is 0 Å².